The van der Waals surface area contributed by atoms with E-state index in [1.807, 2.05) is 12.1 Å². The minimum Gasteiger partial charge on any atom is -0.393 e. The third kappa shape index (κ3) is 5.75. The van der Waals surface area contributed by atoms with Crippen molar-refractivity contribution >= 4 is 12.1 Å². The summed E-state index contributed by atoms with van der Waals surface area (Å²) >= 11 is 0. The van der Waals surface area contributed by atoms with Crippen LogP contribution in [0.2, 0.25) is 0 Å². The number of amides is 1. The van der Waals surface area contributed by atoms with Crippen LogP contribution in [0.15, 0.2) is 29.6 Å². The van der Waals surface area contributed by atoms with Crippen LogP contribution in [0.5, 0.6) is 0 Å². The average molecular weight is 317 g/mol. The number of pyridine rings is 1. The average Bonchev–Trinajstić information content (AvgIpc) is 2.89. The molecule has 0 unspecified atom stereocenters. The fourth-order valence-corrected chi connectivity index (χ4v) is 3.35. The maximum absolute atomic E-state index is 12.0. The highest BCUT2D eigenvalue weighted by atomic mass is 16.3. The minimum atomic E-state index is -0.247. The van der Waals surface area contributed by atoms with Crippen LogP contribution in [-0.4, -0.2) is 28.3 Å². The first-order valence-corrected chi connectivity index (χ1v) is 8.60. The van der Waals surface area contributed by atoms with E-state index in [9.17, 15) is 9.90 Å². The second kappa shape index (κ2) is 9.40. The van der Waals surface area contributed by atoms with E-state index in [2.05, 4.69) is 22.4 Å². The van der Waals surface area contributed by atoms with Gasteiger partial charge in [-0.3, -0.25) is 9.78 Å². The third-order valence-electron chi connectivity index (χ3n) is 4.61. The fourth-order valence-electron chi connectivity index (χ4n) is 3.35. The highest BCUT2D eigenvalue weighted by Gasteiger charge is 2.35. The number of hydrazone groups is 1. The van der Waals surface area contributed by atoms with Crippen molar-refractivity contribution < 1.29 is 9.90 Å². The zero-order valence-corrected chi connectivity index (χ0v) is 13.8. The molecule has 23 heavy (non-hydrogen) atoms. The van der Waals surface area contributed by atoms with Gasteiger partial charge in [0, 0.05) is 24.4 Å². The molecule has 3 atom stereocenters. The standard InChI is InChI=1S/C18H27N3O2/c1-2-3-4-7-16-15(8-9-17(16)22)11-18(23)21-20-13-14-6-5-10-19-12-14/h5-6,10,12-13,15-17,22H,2-4,7-9,11H2,1H3,(H,21,23)/b20-13-/t15-,16-,17+/m0/s1. The van der Waals surface area contributed by atoms with Crippen molar-refractivity contribution in [1.29, 1.82) is 0 Å². The van der Waals surface area contributed by atoms with Crippen LogP contribution in [0.3, 0.4) is 0 Å². The summed E-state index contributed by atoms with van der Waals surface area (Å²) in [7, 11) is 0. The van der Waals surface area contributed by atoms with Gasteiger partial charge in [-0.25, -0.2) is 5.43 Å². The monoisotopic (exact) mass is 317 g/mol. The number of carbonyl (C=O) groups excluding carboxylic acids is 1. The Morgan fingerprint density at radius 3 is 3.09 bits per heavy atom. The van der Waals surface area contributed by atoms with E-state index in [1.165, 1.54) is 12.8 Å². The Morgan fingerprint density at radius 2 is 2.35 bits per heavy atom. The molecule has 0 spiro atoms. The Morgan fingerprint density at radius 1 is 1.48 bits per heavy atom. The van der Waals surface area contributed by atoms with Crippen LogP contribution in [0.1, 0.15) is 57.4 Å². The first-order chi connectivity index (χ1) is 11.2. The van der Waals surface area contributed by atoms with Gasteiger partial charge in [0.1, 0.15) is 0 Å². The highest BCUT2D eigenvalue weighted by Crippen LogP contribution is 2.37. The number of unbranched alkanes of at least 4 members (excludes halogenated alkanes) is 2. The molecule has 5 heteroatoms. The summed E-state index contributed by atoms with van der Waals surface area (Å²) < 4.78 is 0. The molecule has 126 valence electrons. The fraction of sp³-hybridized carbons (Fsp3) is 0.611. The topological polar surface area (TPSA) is 74.6 Å². The van der Waals surface area contributed by atoms with Gasteiger partial charge in [-0.2, -0.15) is 5.10 Å². The Hall–Kier alpha value is -1.75. The Balaban J connectivity index is 1.78. The quantitative estimate of drug-likeness (QED) is 0.440. The van der Waals surface area contributed by atoms with Gasteiger partial charge in [0.05, 0.1) is 12.3 Å². The van der Waals surface area contributed by atoms with Gasteiger partial charge in [-0.15, -0.1) is 0 Å². The summed E-state index contributed by atoms with van der Waals surface area (Å²) in [6, 6.07) is 3.70. The largest absolute Gasteiger partial charge is 0.393 e. The molecule has 5 nitrogen and oxygen atoms in total. The van der Waals surface area contributed by atoms with Gasteiger partial charge < -0.3 is 5.11 Å². The number of aromatic nitrogens is 1. The van der Waals surface area contributed by atoms with Gasteiger partial charge >= 0.3 is 0 Å². The number of aliphatic hydroxyl groups excluding tert-OH is 1. The van der Waals surface area contributed by atoms with E-state index in [-0.39, 0.29) is 23.8 Å². The molecule has 1 saturated carbocycles. The Kier molecular flexibility index (Phi) is 7.20. The van der Waals surface area contributed by atoms with E-state index in [1.54, 1.807) is 18.6 Å². The summed E-state index contributed by atoms with van der Waals surface area (Å²) in [6.45, 7) is 2.18. The third-order valence-corrected chi connectivity index (χ3v) is 4.61. The normalized spacial score (nSPS) is 24.2. The minimum absolute atomic E-state index is 0.0790. The lowest BCUT2D eigenvalue weighted by atomic mass is 9.87. The summed E-state index contributed by atoms with van der Waals surface area (Å²) in [5, 5.41) is 14.1. The van der Waals surface area contributed by atoms with E-state index < -0.39 is 0 Å². The van der Waals surface area contributed by atoms with Gasteiger partial charge in [-0.05, 0) is 37.2 Å². The molecule has 0 radical (unpaired) electrons. The molecule has 2 rings (SSSR count). The molecule has 1 aliphatic rings. The maximum atomic E-state index is 12.0. The van der Waals surface area contributed by atoms with Crippen LogP contribution < -0.4 is 5.43 Å². The molecule has 1 aliphatic carbocycles. The van der Waals surface area contributed by atoms with Crippen molar-refractivity contribution in [3.8, 4) is 0 Å². The molecule has 0 bridgehead atoms. The number of rotatable bonds is 8. The van der Waals surface area contributed by atoms with E-state index in [0.717, 1.165) is 31.2 Å². The number of nitrogens with one attached hydrogen (secondary N) is 1. The lowest BCUT2D eigenvalue weighted by Crippen LogP contribution is -2.25. The van der Waals surface area contributed by atoms with Crippen LogP contribution in [0.25, 0.3) is 0 Å². The van der Waals surface area contributed by atoms with Crippen molar-refractivity contribution in [2.75, 3.05) is 0 Å². The number of nitrogens with zero attached hydrogens (tertiary/aromatic N) is 2. The molecular weight excluding hydrogens is 290 g/mol. The second-order valence-electron chi connectivity index (χ2n) is 6.35. The number of carbonyl (C=O) groups is 1. The lowest BCUT2D eigenvalue weighted by molar-refractivity contribution is -0.122. The molecule has 0 aromatic carbocycles. The highest BCUT2D eigenvalue weighted by molar-refractivity contribution is 5.82. The second-order valence-corrected chi connectivity index (χ2v) is 6.35. The van der Waals surface area contributed by atoms with E-state index in [0.29, 0.717) is 6.42 Å². The van der Waals surface area contributed by atoms with Crippen LogP contribution in [-0.2, 0) is 4.79 Å². The first kappa shape index (κ1) is 17.6. The summed E-state index contributed by atoms with van der Waals surface area (Å²) in [4.78, 5) is 16.0. The molecule has 1 aromatic rings. The van der Waals surface area contributed by atoms with Crippen LogP contribution >= 0.6 is 0 Å². The predicted octanol–water partition coefficient (Wildman–Crippen LogP) is 2.89. The molecule has 1 heterocycles. The molecule has 0 aliphatic heterocycles. The Bertz CT molecular complexity index is 504. The molecule has 2 N–H and O–H groups in total. The van der Waals surface area contributed by atoms with E-state index >= 15 is 0 Å². The molecule has 1 fully saturated rings. The number of hydrogen-bond donors (Lipinski definition) is 2. The Labute approximate surface area is 138 Å². The molecule has 0 saturated heterocycles. The van der Waals surface area contributed by atoms with Crippen molar-refractivity contribution in [1.82, 2.24) is 10.4 Å². The molecular formula is C18H27N3O2. The zero-order chi connectivity index (χ0) is 16.5. The maximum Gasteiger partial charge on any atom is 0.240 e. The molecule has 1 amide bonds. The summed E-state index contributed by atoms with van der Waals surface area (Å²) in [5.41, 5.74) is 3.43. The zero-order valence-electron chi connectivity index (χ0n) is 13.8. The lowest BCUT2D eigenvalue weighted by Gasteiger charge is -2.21. The molecule has 1 aromatic heterocycles. The van der Waals surface area contributed by atoms with Crippen LogP contribution in [0, 0.1) is 11.8 Å². The van der Waals surface area contributed by atoms with E-state index in [4.69, 9.17) is 0 Å². The van der Waals surface area contributed by atoms with Gasteiger partial charge in [-0.1, -0.05) is 32.3 Å². The van der Waals surface area contributed by atoms with Crippen molar-refractivity contribution in [2.24, 2.45) is 16.9 Å². The predicted molar refractivity (Wildman–Crippen MR) is 91.0 cm³/mol. The SMILES string of the molecule is CCCCC[C@H]1[C@H](CC(=O)N/N=C\c2cccnc2)CC[C@H]1O. The summed E-state index contributed by atoms with van der Waals surface area (Å²) in [5.74, 6) is 0.454. The van der Waals surface area contributed by atoms with Crippen LogP contribution in [0.4, 0.5) is 0 Å². The van der Waals surface area contributed by atoms with Crippen molar-refractivity contribution in [3.63, 3.8) is 0 Å². The number of hydrogen-bond acceptors (Lipinski definition) is 4. The van der Waals surface area contributed by atoms with Gasteiger partial charge in [0.2, 0.25) is 5.91 Å². The van der Waals surface area contributed by atoms with Gasteiger partial charge in [0.25, 0.3) is 0 Å². The first-order valence-electron chi connectivity index (χ1n) is 8.60. The number of aliphatic hydroxyl groups is 1. The van der Waals surface area contributed by atoms with Gasteiger partial charge in [0.15, 0.2) is 0 Å². The summed E-state index contributed by atoms with van der Waals surface area (Å²) in [6.07, 6.45) is 11.4. The van der Waals surface area contributed by atoms with Crippen molar-refractivity contribution in [3.05, 3.63) is 30.1 Å². The van der Waals surface area contributed by atoms with Crippen molar-refractivity contribution in [2.45, 2.75) is 58.0 Å². The smallest absolute Gasteiger partial charge is 0.240 e.